The fourth-order valence-corrected chi connectivity index (χ4v) is 5.37. The minimum atomic E-state index is -3.28. The van der Waals surface area contributed by atoms with Crippen molar-refractivity contribution in [2.75, 3.05) is 32.1 Å². The van der Waals surface area contributed by atoms with Crippen LogP contribution in [0.5, 0.6) is 11.5 Å². The van der Waals surface area contributed by atoms with Crippen LogP contribution in [0.3, 0.4) is 0 Å². The number of hydrogen-bond acceptors (Lipinski definition) is 7. The van der Waals surface area contributed by atoms with E-state index in [0.29, 0.717) is 36.8 Å². The van der Waals surface area contributed by atoms with Crippen molar-refractivity contribution < 1.29 is 18.9 Å². The van der Waals surface area contributed by atoms with Gasteiger partial charge in [-0.25, -0.2) is 10.1 Å². The Balaban J connectivity index is 2.48. The molecule has 0 fully saturated rings. The van der Waals surface area contributed by atoms with Gasteiger partial charge < -0.3 is 19.7 Å². The van der Waals surface area contributed by atoms with Crippen LogP contribution < -0.4 is 15.1 Å². The number of ether oxygens (including phenoxy) is 1. The number of phenols is 1. The molecule has 3 N–H and O–H groups in total. The SMILES string of the molecule is CCNP(=O)(OCC)C(CNc1ncc(C)nc1C)c1cc(C)c(O)c(OC)c1. The summed E-state index contributed by atoms with van der Waals surface area (Å²) >= 11 is 0. The molecule has 29 heavy (non-hydrogen) atoms. The number of benzene rings is 1. The topological polar surface area (TPSA) is 106 Å². The first-order chi connectivity index (χ1) is 13.8. The van der Waals surface area contributed by atoms with E-state index in [2.05, 4.69) is 20.4 Å². The first-order valence-corrected chi connectivity index (χ1v) is 11.4. The molecule has 2 unspecified atom stereocenters. The molecule has 0 radical (unpaired) electrons. The summed E-state index contributed by atoms with van der Waals surface area (Å²) in [6.07, 6.45) is 1.69. The zero-order chi connectivity index (χ0) is 21.6. The van der Waals surface area contributed by atoms with Gasteiger partial charge in [-0.1, -0.05) is 13.0 Å². The number of aryl methyl sites for hydroxylation is 3. The van der Waals surface area contributed by atoms with Gasteiger partial charge >= 0.3 is 0 Å². The van der Waals surface area contributed by atoms with E-state index < -0.39 is 13.2 Å². The predicted molar refractivity (Wildman–Crippen MR) is 115 cm³/mol. The van der Waals surface area contributed by atoms with E-state index in [4.69, 9.17) is 9.26 Å². The number of rotatable bonds is 10. The van der Waals surface area contributed by atoms with Crippen LogP contribution >= 0.6 is 7.52 Å². The van der Waals surface area contributed by atoms with Crippen LogP contribution in [0.4, 0.5) is 5.82 Å². The molecule has 2 aromatic rings. The summed E-state index contributed by atoms with van der Waals surface area (Å²) in [5.41, 5.74) is 2.43. The van der Waals surface area contributed by atoms with E-state index in [0.717, 1.165) is 17.0 Å². The summed E-state index contributed by atoms with van der Waals surface area (Å²) in [6, 6.07) is 3.51. The largest absolute Gasteiger partial charge is 0.504 e. The Morgan fingerprint density at radius 3 is 2.55 bits per heavy atom. The van der Waals surface area contributed by atoms with E-state index in [1.54, 1.807) is 25.3 Å². The Morgan fingerprint density at radius 1 is 1.24 bits per heavy atom. The molecule has 0 saturated heterocycles. The average molecular weight is 422 g/mol. The van der Waals surface area contributed by atoms with E-state index >= 15 is 0 Å². The number of nitrogens with zero attached hydrogens (tertiary/aromatic N) is 2. The van der Waals surface area contributed by atoms with Crippen molar-refractivity contribution in [3.63, 3.8) is 0 Å². The maximum absolute atomic E-state index is 13.8. The highest BCUT2D eigenvalue weighted by molar-refractivity contribution is 7.57. The number of hydrogen-bond donors (Lipinski definition) is 3. The normalized spacial score (nSPS) is 14.3. The summed E-state index contributed by atoms with van der Waals surface area (Å²) in [5, 5.41) is 16.5. The summed E-state index contributed by atoms with van der Waals surface area (Å²) in [5.74, 6) is 1.02. The van der Waals surface area contributed by atoms with Crippen molar-refractivity contribution in [1.29, 1.82) is 0 Å². The van der Waals surface area contributed by atoms with E-state index in [1.165, 1.54) is 7.11 Å². The predicted octanol–water partition coefficient (Wildman–Crippen LogP) is 4.11. The standard InChI is InChI=1S/C20H31N4O4P/c1-7-23-29(26,28-8-2)18(12-22-20-15(5)24-14(4)11-21-20)16-9-13(3)19(25)17(10-16)27-6/h9-11,18,25H,7-8,12H2,1-6H3,(H,21,22)(H,23,26). The molecule has 0 saturated carbocycles. The number of aromatic nitrogens is 2. The maximum atomic E-state index is 13.8. The van der Waals surface area contributed by atoms with Gasteiger partial charge in [0, 0.05) is 13.1 Å². The molecule has 160 valence electrons. The molecule has 0 aliphatic rings. The monoisotopic (exact) mass is 422 g/mol. The van der Waals surface area contributed by atoms with Crippen molar-refractivity contribution >= 4 is 13.3 Å². The highest BCUT2D eigenvalue weighted by Gasteiger charge is 2.36. The van der Waals surface area contributed by atoms with Gasteiger partial charge in [-0.2, -0.15) is 0 Å². The fourth-order valence-electron chi connectivity index (χ4n) is 3.18. The van der Waals surface area contributed by atoms with Gasteiger partial charge in [0.05, 0.1) is 37.0 Å². The Hall–Kier alpha value is -2.15. The fraction of sp³-hybridized carbons (Fsp3) is 0.500. The van der Waals surface area contributed by atoms with E-state index in [9.17, 15) is 9.67 Å². The van der Waals surface area contributed by atoms with Crippen molar-refractivity contribution in [2.24, 2.45) is 0 Å². The van der Waals surface area contributed by atoms with Crippen LogP contribution in [0.2, 0.25) is 0 Å². The second-order valence-corrected chi connectivity index (χ2v) is 9.15. The molecule has 0 amide bonds. The lowest BCUT2D eigenvalue weighted by atomic mass is 10.1. The molecule has 0 spiro atoms. The average Bonchev–Trinajstić information content (AvgIpc) is 2.66. The Kier molecular flexibility index (Phi) is 8.02. The van der Waals surface area contributed by atoms with Crippen LogP contribution in [-0.4, -0.2) is 41.9 Å². The number of methoxy groups -OCH3 is 1. The third-order valence-corrected chi connectivity index (χ3v) is 7.23. The summed E-state index contributed by atoms with van der Waals surface area (Å²) < 4.78 is 24.8. The van der Waals surface area contributed by atoms with Gasteiger partial charge in [0.1, 0.15) is 5.82 Å². The molecule has 1 aromatic heterocycles. The summed E-state index contributed by atoms with van der Waals surface area (Å²) in [4.78, 5) is 8.81. The first kappa shape index (κ1) is 23.1. The lowest BCUT2D eigenvalue weighted by Gasteiger charge is -2.29. The quantitative estimate of drug-likeness (QED) is 0.491. The van der Waals surface area contributed by atoms with E-state index in [-0.39, 0.29) is 5.75 Å². The molecule has 9 heteroatoms. The molecule has 0 aliphatic carbocycles. The molecule has 2 atom stereocenters. The van der Waals surface area contributed by atoms with Crippen LogP contribution in [0.25, 0.3) is 0 Å². The molecule has 0 aliphatic heterocycles. The highest BCUT2D eigenvalue weighted by atomic mass is 31.2. The third kappa shape index (κ3) is 5.47. The number of phenolic OH excluding ortho intramolecular Hbond substituents is 1. The zero-order valence-corrected chi connectivity index (χ0v) is 18.8. The first-order valence-electron chi connectivity index (χ1n) is 9.66. The molecular weight excluding hydrogens is 391 g/mol. The number of nitrogens with one attached hydrogen (secondary N) is 2. The van der Waals surface area contributed by atoms with Gasteiger partial charge in [0.15, 0.2) is 11.5 Å². The minimum absolute atomic E-state index is 0.0675. The number of anilines is 1. The Morgan fingerprint density at radius 2 is 1.97 bits per heavy atom. The van der Waals surface area contributed by atoms with Crippen molar-refractivity contribution in [3.8, 4) is 11.5 Å². The molecule has 2 rings (SSSR count). The lowest BCUT2D eigenvalue weighted by molar-refractivity contribution is 0.317. The van der Waals surface area contributed by atoms with Crippen LogP contribution in [0.15, 0.2) is 18.3 Å². The molecule has 0 bridgehead atoms. The van der Waals surface area contributed by atoms with Gasteiger partial charge in [-0.15, -0.1) is 0 Å². The summed E-state index contributed by atoms with van der Waals surface area (Å²) in [7, 11) is -1.79. The van der Waals surface area contributed by atoms with Gasteiger partial charge in [-0.3, -0.25) is 9.55 Å². The Labute approximate surface area is 172 Å². The Bertz CT molecular complexity index is 881. The molecule has 1 aromatic carbocycles. The second kappa shape index (κ2) is 10.1. The van der Waals surface area contributed by atoms with Crippen molar-refractivity contribution in [3.05, 3.63) is 40.8 Å². The molecule has 8 nitrogen and oxygen atoms in total. The minimum Gasteiger partial charge on any atom is -0.504 e. The van der Waals surface area contributed by atoms with Gasteiger partial charge in [0.25, 0.3) is 7.52 Å². The number of aromatic hydroxyl groups is 1. The lowest BCUT2D eigenvalue weighted by Crippen LogP contribution is -2.23. The third-order valence-electron chi connectivity index (χ3n) is 4.53. The summed E-state index contributed by atoms with van der Waals surface area (Å²) in [6.45, 7) is 10.3. The van der Waals surface area contributed by atoms with Crippen LogP contribution in [0.1, 0.15) is 42.0 Å². The van der Waals surface area contributed by atoms with Gasteiger partial charge in [-0.05, 0) is 44.9 Å². The van der Waals surface area contributed by atoms with E-state index in [1.807, 2.05) is 27.7 Å². The van der Waals surface area contributed by atoms with Crippen molar-refractivity contribution in [2.45, 2.75) is 40.3 Å². The highest BCUT2D eigenvalue weighted by Crippen LogP contribution is 2.57. The zero-order valence-electron chi connectivity index (χ0n) is 17.9. The van der Waals surface area contributed by atoms with Crippen LogP contribution in [0, 0.1) is 20.8 Å². The maximum Gasteiger partial charge on any atom is 0.278 e. The van der Waals surface area contributed by atoms with Crippen molar-refractivity contribution in [1.82, 2.24) is 15.1 Å². The molecular formula is C20H31N4O4P. The van der Waals surface area contributed by atoms with Gasteiger partial charge in [0.2, 0.25) is 0 Å². The van der Waals surface area contributed by atoms with Crippen LogP contribution in [-0.2, 0) is 9.09 Å². The smallest absolute Gasteiger partial charge is 0.278 e. The molecule has 1 heterocycles. The second-order valence-electron chi connectivity index (χ2n) is 6.76.